The van der Waals surface area contributed by atoms with E-state index < -0.39 is 0 Å². The van der Waals surface area contributed by atoms with Gasteiger partial charge in [0, 0.05) is 28.7 Å². The third-order valence-corrected chi connectivity index (χ3v) is 3.84. The molecule has 3 nitrogen and oxygen atoms in total. The molecule has 0 fully saturated rings. The monoisotopic (exact) mass is 317 g/mol. The molecule has 0 aliphatic carbocycles. The Kier molecular flexibility index (Phi) is 3.78. The molecule has 2 aromatic carbocycles. The Bertz CT molecular complexity index is 857. The second-order valence-electron chi connectivity index (χ2n) is 4.58. The van der Waals surface area contributed by atoms with Crippen LogP contribution in [0.1, 0.15) is 0 Å². The lowest BCUT2D eigenvalue weighted by atomic mass is 10.2. The Hall–Kier alpha value is -2.10. The number of benzene rings is 2. The molecule has 0 aliphatic rings. The van der Waals surface area contributed by atoms with Gasteiger partial charge >= 0.3 is 0 Å². The number of aromatic nitrogens is 2. The van der Waals surface area contributed by atoms with E-state index in [0.717, 1.165) is 26.8 Å². The molecule has 0 radical (unpaired) electrons. The van der Waals surface area contributed by atoms with Crippen molar-refractivity contribution in [1.82, 2.24) is 9.66 Å². The number of hydrogen-bond acceptors (Lipinski definition) is 1. The van der Waals surface area contributed by atoms with Gasteiger partial charge in [-0.05, 0) is 12.1 Å². The number of nitrogens with one attached hydrogen (secondary N) is 1. The number of fused-ring (bicyclic) bond motifs is 2. The predicted octanol–water partition coefficient (Wildman–Crippen LogP) is 4.83. The van der Waals surface area contributed by atoms with Gasteiger partial charge in [-0.25, -0.2) is 0 Å². The van der Waals surface area contributed by atoms with Crippen molar-refractivity contribution < 1.29 is 0 Å². The van der Waals surface area contributed by atoms with E-state index in [0.29, 0.717) is 5.02 Å². The van der Waals surface area contributed by atoms with E-state index >= 15 is 0 Å². The van der Waals surface area contributed by atoms with Crippen molar-refractivity contribution in [2.24, 2.45) is 0 Å². The number of rotatable bonds is 0. The number of nitrogen functional groups attached to an aromatic ring is 1. The number of nitrogens with two attached hydrogens (primary N) is 1. The zero-order valence-electron chi connectivity index (χ0n) is 11.1. The minimum absolute atomic E-state index is 0.697. The standard InChI is InChI=1S/C8H7ClN2.C8H6ClN/c9-7-5-11(10)8-4-2-1-3-6(7)8;9-7-5-10-8-4-2-1-3-6(7)8/h1-5H,10H2;1-5,10H. The van der Waals surface area contributed by atoms with Crippen molar-refractivity contribution >= 4 is 45.0 Å². The quantitative estimate of drug-likeness (QED) is 0.448. The number of H-pyrrole nitrogens is 1. The Morgan fingerprint density at radius 2 is 1.52 bits per heavy atom. The lowest BCUT2D eigenvalue weighted by Gasteiger charge is -1.92. The van der Waals surface area contributed by atoms with Crippen molar-refractivity contribution in [2.45, 2.75) is 0 Å². The van der Waals surface area contributed by atoms with Crippen LogP contribution in [0.15, 0.2) is 60.9 Å². The number of nitrogens with zero attached hydrogens (tertiary/aromatic N) is 1. The minimum atomic E-state index is 0.697. The topological polar surface area (TPSA) is 46.7 Å². The van der Waals surface area contributed by atoms with Gasteiger partial charge in [-0.1, -0.05) is 59.6 Å². The molecule has 0 unspecified atom stereocenters. The van der Waals surface area contributed by atoms with Gasteiger partial charge in [0.2, 0.25) is 0 Å². The van der Waals surface area contributed by atoms with Crippen molar-refractivity contribution in [3.05, 3.63) is 71.0 Å². The number of aromatic amines is 1. The minimum Gasteiger partial charge on any atom is -0.360 e. The zero-order chi connectivity index (χ0) is 14.8. The summed E-state index contributed by atoms with van der Waals surface area (Å²) in [6, 6.07) is 15.7. The molecule has 0 saturated carbocycles. The average molecular weight is 318 g/mol. The Morgan fingerprint density at radius 3 is 2.24 bits per heavy atom. The summed E-state index contributed by atoms with van der Waals surface area (Å²) in [5.41, 5.74) is 2.05. The maximum Gasteiger partial charge on any atom is 0.0705 e. The van der Waals surface area contributed by atoms with E-state index in [9.17, 15) is 0 Å². The van der Waals surface area contributed by atoms with E-state index in [1.54, 1.807) is 12.4 Å². The molecule has 5 heteroatoms. The van der Waals surface area contributed by atoms with Gasteiger partial charge in [0.1, 0.15) is 0 Å². The maximum atomic E-state index is 5.88. The summed E-state index contributed by atoms with van der Waals surface area (Å²) in [5, 5.41) is 3.57. The van der Waals surface area contributed by atoms with Crippen molar-refractivity contribution in [3.63, 3.8) is 0 Å². The first-order valence-corrected chi connectivity index (χ1v) is 7.14. The predicted molar refractivity (Wildman–Crippen MR) is 90.4 cm³/mol. The molecule has 21 heavy (non-hydrogen) atoms. The van der Waals surface area contributed by atoms with Gasteiger partial charge in [-0.2, -0.15) is 0 Å². The molecule has 4 aromatic rings. The smallest absolute Gasteiger partial charge is 0.0705 e. The number of hydrogen-bond donors (Lipinski definition) is 2. The summed E-state index contributed by atoms with van der Waals surface area (Å²) in [5.74, 6) is 5.61. The van der Waals surface area contributed by atoms with Crippen molar-refractivity contribution in [2.75, 3.05) is 5.84 Å². The molecule has 2 heterocycles. The highest BCUT2D eigenvalue weighted by Crippen LogP contribution is 2.23. The summed E-state index contributed by atoms with van der Waals surface area (Å²) in [4.78, 5) is 3.06. The third-order valence-electron chi connectivity index (χ3n) is 3.23. The lowest BCUT2D eigenvalue weighted by Crippen LogP contribution is -2.04. The SMILES string of the molecule is Clc1c[nH]c2ccccc12.Nn1cc(Cl)c2ccccc21. The van der Waals surface area contributed by atoms with Gasteiger partial charge in [-0.3, -0.25) is 4.68 Å². The molecule has 4 rings (SSSR count). The molecule has 3 N–H and O–H groups in total. The molecule has 2 aromatic heterocycles. The molecule has 0 amide bonds. The zero-order valence-corrected chi connectivity index (χ0v) is 12.6. The van der Waals surface area contributed by atoms with Crippen LogP contribution < -0.4 is 5.84 Å². The van der Waals surface area contributed by atoms with Crippen LogP contribution in [-0.4, -0.2) is 9.66 Å². The summed E-state index contributed by atoms with van der Waals surface area (Å²) in [6.07, 6.45) is 3.50. The van der Waals surface area contributed by atoms with E-state index in [1.807, 2.05) is 48.5 Å². The highest BCUT2D eigenvalue weighted by molar-refractivity contribution is 6.35. The maximum absolute atomic E-state index is 5.88. The fourth-order valence-electron chi connectivity index (χ4n) is 2.20. The first-order chi connectivity index (χ1) is 10.2. The summed E-state index contributed by atoms with van der Waals surface area (Å²) in [7, 11) is 0. The highest BCUT2D eigenvalue weighted by Gasteiger charge is 2.01. The number of halogens is 2. The summed E-state index contributed by atoms with van der Waals surface area (Å²) >= 11 is 11.7. The molecule has 0 spiro atoms. The van der Waals surface area contributed by atoms with Crippen LogP contribution in [0.2, 0.25) is 10.0 Å². The second-order valence-corrected chi connectivity index (χ2v) is 5.40. The molecule has 0 bridgehead atoms. The number of para-hydroxylation sites is 2. The molecule has 0 atom stereocenters. The first kappa shape index (κ1) is 13.9. The highest BCUT2D eigenvalue weighted by atomic mass is 35.5. The Labute approximate surface area is 131 Å². The van der Waals surface area contributed by atoms with Crippen LogP contribution >= 0.6 is 23.2 Å². The van der Waals surface area contributed by atoms with Crippen LogP contribution in [-0.2, 0) is 0 Å². The van der Waals surface area contributed by atoms with Gasteiger partial charge in [0.05, 0.1) is 15.6 Å². The van der Waals surface area contributed by atoms with Gasteiger partial charge < -0.3 is 10.8 Å². The molecular weight excluding hydrogens is 305 g/mol. The lowest BCUT2D eigenvalue weighted by molar-refractivity contribution is 1.07. The average Bonchev–Trinajstić information content (AvgIpc) is 3.02. The van der Waals surface area contributed by atoms with Crippen LogP contribution in [0.3, 0.4) is 0 Å². The summed E-state index contributed by atoms with van der Waals surface area (Å²) < 4.78 is 1.53. The molecule has 106 valence electrons. The fourth-order valence-corrected chi connectivity index (χ4v) is 2.68. The van der Waals surface area contributed by atoms with Crippen LogP contribution in [0.5, 0.6) is 0 Å². The fraction of sp³-hybridized carbons (Fsp3) is 0. The van der Waals surface area contributed by atoms with Gasteiger partial charge in [0.25, 0.3) is 0 Å². The van der Waals surface area contributed by atoms with E-state index in [2.05, 4.69) is 4.98 Å². The largest absolute Gasteiger partial charge is 0.360 e. The Balaban J connectivity index is 0.000000126. The van der Waals surface area contributed by atoms with E-state index in [-0.39, 0.29) is 0 Å². The van der Waals surface area contributed by atoms with Crippen LogP contribution in [0.4, 0.5) is 0 Å². The van der Waals surface area contributed by atoms with Gasteiger partial charge in [0.15, 0.2) is 0 Å². The molecule has 0 saturated heterocycles. The summed E-state index contributed by atoms with van der Waals surface area (Å²) in [6.45, 7) is 0. The second kappa shape index (κ2) is 5.72. The van der Waals surface area contributed by atoms with Crippen LogP contribution in [0, 0.1) is 0 Å². The third kappa shape index (κ3) is 2.71. The van der Waals surface area contributed by atoms with Crippen LogP contribution in [0.25, 0.3) is 21.8 Å². The van der Waals surface area contributed by atoms with E-state index in [4.69, 9.17) is 29.0 Å². The Morgan fingerprint density at radius 1 is 0.857 bits per heavy atom. The van der Waals surface area contributed by atoms with Crippen molar-refractivity contribution in [1.29, 1.82) is 0 Å². The van der Waals surface area contributed by atoms with E-state index in [1.165, 1.54) is 4.68 Å². The normalized spacial score (nSPS) is 10.6. The molecular formula is C16H13Cl2N3. The van der Waals surface area contributed by atoms with Gasteiger partial charge in [-0.15, -0.1) is 0 Å². The molecule has 0 aliphatic heterocycles. The van der Waals surface area contributed by atoms with Crippen molar-refractivity contribution in [3.8, 4) is 0 Å². The first-order valence-electron chi connectivity index (χ1n) is 6.39.